The normalized spacial score (nSPS) is 14.3. The average Bonchev–Trinajstić information content (AvgIpc) is 3.20. The number of aliphatic hydroxyl groups is 1. The number of carbonyl (C=O) groups excluding carboxylic acids is 2. The molecule has 11 nitrogen and oxygen atoms in total. The number of esters is 1. The number of phosphoric acid groups is 1. The van der Waals surface area contributed by atoms with Crippen LogP contribution in [0, 0.1) is 0 Å². The zero-order valence-corrected chi connectivity index (χ0v) is 37.0. The fourth-order valence-corrected chi connectivity index (χ4v) is 6.65. The third kappa shape index (κ3) is 40.0. The highest BCUT2D eigenvalue weighted by Crippen LogP contribution is 2.43. The second kappa shape index (κ2) is 40.9. The van der Waals surface area contributed by atoms with Gasteiger partial charge in [0.2, 0.25) is 5.91 Å². The van der Waals surface area contributed by atoms with E-state index in [0.29, 0.717) is 19.3 Å². The van der Waals surface area contributed by atoms with Crippen molar-refractivity contribution in [1.29, 1.82) is 0 Å². The molecule has 4 N–H and O–H groups in total. The van der Waals surface area contributed by atoms with E-state index in [0.717, 1.165) is 51.4 Å². The van der Waals surface area contributed by atoms with E-state index in [1.165, 1.54) is 83.5 Å². The predicted octanol–water partition coefficient (Wildman–Crippen LogP) is 11.6. The van der Waals surface area contributed by atoms with Gasteiger partial charge in [-0.25, -0.2) is 9.36 Å². The zero-order valence-electron chi connectivity index (χ0n) is 36.1. The number of hydrogen-bond acceptors (Lipinski definition) is 8. The maximum absolute atomic E-state index is 12.3. The van der Waals surface area contributed by atoms with Crippen LogP contribution in [0.4, 0.5) is 0 Å². The number of hydrogen-bond donors (Lipinski definition) is 4. The third-order valence-electron chi connectivity index (χ3n) is 9.32. The monoisotopic (exact) mass is 838 g/mol. The Balaban J connectivity index is 3.96. The van der Waals surface area contributed by atoms with Gasteiger partial charge in [-0.2, -0.15) is 0 Å². The van der Waals surface area contributed by atoms with Crippen LogP contribution in [0.15, 0.2) is 60.8 Å². The highest BCUT2D eigenvalue weighted by atomic mass is 31.2. The van der Waals surface area contributed by atoms with Gasteiger partial charge in [0.05, 0.1) is 13.2 Å². The Kier molecular flexibility index (Phi) is 38.9. The van der Waals surface area contributed by atoms with E-state index < -0.39 is 57.6 Å². The van der Waals surface area contributed by atoms with Gasteiger partial charge in [0.1, 0.15) is 12.7 Å². The lowest BCUT2D eigenvalue weighted by molar-refractivity contribution is -0.147. The minimum absolute atomic E-state index is 0.0653. The molecule has 1 amide bonds. The molecule has 0 spiro atoms. The number of allylic oxidation sites excluding steroid dienone is 10. The van der Waals surface area contributed by atoms with Crippen LogP contribution in [0.2, 0.25) is 0 Å². The second-order valence-electron chi connectivity index (χ2n) is 14.9. The number of aliphatic hydroxyl groups excluding tert-OH is 1. The number of phosphoric ester groups is 1. The summed E-state index contributed by atoms with van der Waals surface area (Å²) in [5, 5.41) is 21.8. The van der Waals surface area contributed by atoms with Crippen molar-refractivity contribution in [2.24, 2.45) is 0 Å². The van der Waals surface area contributed by atoms with Crippen LogP contribution in [0.5, 0.6) is 0 Å². The first-order chi connectivity index (χ1) is 28.1. The number of rotatable bonds is 41. The average molecular weight is 838 g/mol. The van der Waals surface area contributed by atoms with Gasteiger partial charge in [-0.3, -0.25) is 18.6 Å². The fraction of sp³-hybridized carbons (Fsp3) is 0.717. The maximum atomic E-state index is 12.3. The molecular weight excluding hydrogens is 757 g/mol. The van der Waals surface area contributed by atoms with Gasteiger partial charge in [0.15, 0.2) is 6.04 Å². The standard InChI is InChI=1S/C46H80NO10P/c1-3-5-7-9-11-13-15-17-19-21-23-25-27-29-31-33-35-37-44(49)47-43(46(51)52)41-57-58(53,54)56-40-42(48)39-55-45(50)38-36-34-32-30-28-26-24-22-20-18-16-14-12-10-8-6-4-2/h5,7,11,13,17,19,23,25,29,31,42-43,48H,3-4,6,8-10,12,14-16,18,20-22,24,26-28,30,32-41H2,1-2H3,(H,47,49)(H,51,52)(H,53,54)/b7-5-,13-11-,19-17-,25-23-,31-29-. The smallest absolute Gasteiger partial charge is 0.472 e. The number of unbranched alkanes of at least 4 members (excludes halogenated alkanes) is 17. The Morgan fingerprint density at radius 2 is 1.00 bits per heavy atom. The quantitative estimate of drug-likeness (QED) is 0.0201. The molecule has 0 aromatic heterocycles. The Bertz CT molecular complexity index is 1210. The molecule has 0 aromatic rings. The molecule has 12 heteroatoms. The van der Waals surface area contributed by atoms with E-state index in [2.05, 4.69) is 67.8 Å². The number of carboxylic acids is 1. The topological polar surface area (TPSA) is 169 Å². The molecule has 0 aliphatic carbocycles. The maximum Gasteiger partial charge on any atom is 0.472 e. The molecule has 0 aliphatic rings. The van der Waals surface area contributed by atoms with Crippen molar-refractivity contribution in [3.8, 4) is 0 Å². The van der Waals surface area contributed by atoms with Crippen LogP contribution in [-0.2, 0) is 32.7 Å². The summed E-state index contributed by atoms with van der Waals surface area (Å²) in [6.45, 7) is 2.44. The van der Waals surface area contributed by atoms with Crippen molar-refractivity contribution in [2.75, 3.05) is 19.8 Å². The van der Waals surface area contributed by atoms with Gasteiger partial charge in [-0.1, -0.05) is 177 Å². The van der Waals surface area contributed by atoms with Gasteiger partial charge in [0, 0.05) is 12.8 Å². The number of aliphatic carboxylic acids is 1. The molecule has 0 saturated carbocycles. The van der Waals surface area contributed by atoms with Crippen molar-refractivity contribution in [3.63, 3.8) is 0 Å². The minimum atomic E-state index is -4.77. The molecule has 3 unspecified atom stereocenters. The molecular formula is C46H80NO10P. The molecule has 0 heterocycles. The first-order valence-electron chi connectivity index (χ1n) is 22.3. The van der Waals surface area contributed by atoms with Crippen LogP contribution in [0.3, 0.4) is 0 Å². The second-order valence-corrected chi connectivity index (χ2v) is 16.3. The van der Waals surface area contributed by atoms with Crippen molar-refractivity contribution in [1.82, 2.24) is 5.32 Å². The molecule has 58 heavy (non-hydrogen) atoms. The van der Waals surface area contributed by atoms with Gasteiger partial charge >= 0.3 is 19.8 Å². The zero-order chi connectivity index (χ0) is 42.8. The Morgan fingerprint density at radius 3 is 1.47 bits per heavy atom. The van der Waals surface area contributed by atoms with Crippen molar-refractivity contribution in [2.45, 2.75) is 193 Å². The highest BCUT2D eigenvalue weighted by Gasteiger charge is 2.28. The van der Waals surface area contributed by atoms with Crippen LogP contribution in [0.1, 0.15) is 181 Å². The molecule has 0 fully saturated rings. The van der Waals surface area contributed by atoms with Gasteiger partial charge in [-0.15, -0.1) is 0 Å². The fourth-order valence-electron chi connectivity index (χ4n) is 5.88. The molecule has 0 saturated heterocycles. The summed E-state index contributed by atoms with van der Waals surface area (Å²) in [5.41, 5.74) is 0. The van der Waals surface area contributed by atoms with E-state index in [9.17, 15) is 34.1 Å². The van der Waals surface area contributed by atoms with E-state index in [4.69, 9.17) is 13.8 Å². The van der Waals surface area contributed by atoms with E-state index in [1.807, 2.05) is 12.2 Å². The molecule has 334 valence electrons. The van der Waals surface area contributed by atoms with Crippen LogP contribution in [0.25, 0.3) is 0 Å². The SMILES string of the molecule is CC/C=C\C/C=C\C/C=C\C/C=C\C/C=C\CCCC(=O)NC(COP(=O)(O)OCC(O)COC(=O)CCCCCCCCCCCCCCCCCCC)C(=O)O. The lowest BCUT2D eigenvalue weighted by Crippen LogP contribution is -2.43. The lowest BCUT2D eigenvalue weighted by atomic mass is 10.0. The minimum Gasteiger partial charge on any atom is -0.480 e. The molecule has 0 aromatic carbocycles. The Morgan fingerprint density at radius 1 is 0.569 bits per heavy atom. The summed E-state index contributed by atoms with van der Waals surface area (Å²) in [6, 6.07) is -1.58. The summed E-state index contributed by atoms with van der Waals surface area (Å²) in [5.74, 6) is -2.46. The van der Waals surface area contributed by atoms with Crippen LogP contribution in [-0.4, -0.2) is 64.9 Å². The first kappa shape index (κ1) is 55.2. The number of carbonyl (C=O) groups is 3. The summed E-state index contributed by atoms with van der Waals surface area (Å²) < 4.78 is 26.8. The van der Waals surface area contributed by atoms with Gasteiger partial charge < -0.3 is 25.2 Å². The predicted molar refractivity (Wildman–Crippen MR) is 235 cm³/mol. The van der Waals surface area contributed by atoms with E-state index in [1.54, 1.807) is 0 Å². The summed E-state index contributed by atoms with van der Waals surface area (Å²) >= 11 is 0. The number of carboxylic acid groups (broad SMARTS) is 1. The molecule has 0 aliphatic heterocycles. The molecule has 0 bridgehead atoms. The lowest BCUT2D eigenvalue weighted by Gasteiger charge is -2.18. The number of ether oxygens (including phenoxy) is 1. The van der Waals surface area contributed by atoms with E-state index >= 15 is 0 Å². The molecule has 0 radical (unpaired) electrons. The molecule has 0 rings (SSSR count). The molecule has 3 atom stereocenters. The summed E-state index contributed by atoms with van der Waals surface area (Å²) in [4.78, 5) is 45.9. The number of amides is 1. The van der Waals surface area contributed by atoms with Gasteiger partial charge in [-0.05, 0) is 51.4 Å². The van der Waals surface area contributed by atoms with Crippen molar-refractivity contribution in [3.05, 3.63) is 60.8 Å². The number of nitrogens with one attached hydrogen (secondary N) is 1. The third-order valence-corrected chi connectivity index (χ3v) is 10.3. The largest absolute Gasteiger partial charge is 0.480 e. The van der Waals surface area contributed by atoms with E-state index in [-0.39, 0.29) is 12.8 Å². The highest BCUT2D eigenvalue weighted by molar-refractivity contribution is 7.47. The Labute approximate surface area is 351 Å². The first-order valence-corrected chi connectivity index (χ1v) is 23.8. The van der Waals surface area contributed by atoms with Crippen molar-refractivity contribution >= 4 is 25.7 Å². The Hall–Kier alpha value is -2.82. The van der Waals surface area contributed by atoms with Gasteiger partial charge in [0.25, 0.3) is 0 Å². The van der Waals surface area contributed by atoms with Crippen molar-refractivity contribution < 1.29 is 47.8 Å². The van der Waals surface area contributed by atoms with Crippen LogP contribution < -0.4 is 5.32 Å². The summed E-state index contributed by atoms with van der Waals surface area (Å²) in [7, 11) is -4.77. The van der Waals surface area contributed by atoms with Crippen LogP contribution >= 0.6 is 7.82 Å². The summed E-state index contributed by atoms with van der Waals surface area (Å²) in [6.07, 6.45) is 46.8.